The number of hydrogen-bond acceptors (Lipinski definition) is 3. The number of rotatable bonds is 2. The molecule has 0 bridgehead atoms. The second kappa shape index (κ2) is 4.81. The molecule has 5 nitrogen and oxygen atoms in total. The van der Waals surface area contributed by atoms with Crippen LogP contribution < -0.4 is 5.32 Å². The van der Waals surface area contributed by atoms with Crippen molar-refractivity contribution < 1.29 is 4.79 Å². The van der Waals surface area contributed by atoms with Gasteiger partial charge in [0.05, 0.1) is 11.2 Å². The number of aromatic nitrogens is 3. The zero-order valence-corrected chi connectivity index (χ0v) is 11.3. The number of benzene rings is 1. The van der Waals surface area contributed by atoms with E-state index in [0.29, 0.717) is 11.4 Å². The fourth-order valence-corrected chi connectivity index (χ4v) is 2.16. The van der Waals surface area contributed by atoms with Gasteiger partial charge in [0.15, 0.2) is 0 Å². The van der Waals surface area contributed by atoms with Gasteiger partial charge < -0.3 is 5.32 Å². The van der Waals surface area contributed by atoms with Gasteiger partial charge in [-0.15, -0.1) is 0 Å². The molecule has 19 heavy (non-hydrogen) atoms. The van der Waals surface area contributed by atoms with Gasteiger partial charge in [-0.25, -0.2) is 0 Å². The van der Waals surface area contributed by atoms with Crippen LogP contribution in [0, 0.1) is 0 Å². The van der Waals surface area contributed by atoms with Gasteiger partial charge in [0.2, 0.25) is 0 Å². The number of amides is 1. The van der Waals surface area contributed by atoms with E-state index in [0.717, 1.165) is 15.4 Å². The van der Waals surface area contributed by atoms with E-state index < -0.39 is 0 Å². The molecule has 2 heterocycles. The Morgan fingerprint density at radius 3 is 3.00 bits per heavy atom. The van der Waals surface area contributed by atoms with Crippen LogP contribution in [0.3, 0.4) is 0 Å². The second-order valence-electron chi connectivity index (χ2n) is 3.96. The van der Waals surface area contributed by atoms with Gasteiger partial charge in [-0.2, -0.15) is 5.10 Å². The summed E-state index contributed by atoms with van der Waals surface area (Å²) in [6, 6.07) is 9.20. The van der Waals surface area contributed by atoms with Crippen LogP contribution in [0.4, 0.5) is 5.69 Å². The first-order valence-electron chi connectivity index (χ1n) is 5.59. The molecule has 0 spiro atoms. The zero-order chi connectivity index (χ0) is 13.2. The molecule has 0 aliphatic heterocycles. The maximum Gasteiger partial charge on any atom is 0.273 e. The van der Waals surface area contributed by atoms with Gasteiger partial charge in [-0.1, -0.05) is 12.1 Å². The van der Waals surface area contributed by atoms with E-state index in [4.69, 9.17) is 0 Å². The average molecular weight is 317 g/mol. The number of halogens is 1. The summed E-state index contributed by atoms with van der Waals surface area (Å²) >= 11 is 3.38. The normalized spacial score (nSPS) is 10.6. The maximum absolute atomic E-state index is 12.0. The first-order valence-corrected chi connectivity index (χ1v) is 6.38. The lowest BCUT2D eigenvalue weighted by molar-refractivity contribution is 0.102. The molecule has 0 radical (unpaired) electrons. The summed E-state index contributed by atoms with van der Waals surface area (Å²) in [6.07, 6.45) is 3.24. The Balaban J connectivity index is 1.99. The number of carbonyl (C=O) groups is 1. The molecule has 0 aliphatic rings. The largest absolute Gasteiger partial charge is 0.319 e. The number of nitrogens with one attached hydrogen (secondary N) is 2. The molecule has 1 amide bonds. The van der Waals surface area contributed by atoms with E-state index in [-0.39, 0.29) is 5.91 Å². The minimum atomic E-state index is -0.241. The fraction of sp³-hybridized carbons (Fsp3) is 0. The third-order valence-electron chi connectivity index (χ3n) is 2.67. The highest BCUT2D eigenvalue weighted by molar-refractivity contribution is 9.10. The van der Waals surface area contributed by atoms with Crippen molar-refractivity contribution in [2.45, 2.75) is 0 Å². The molecule has 2 N–H and O–H groups in total. The van der Waals surface area contributed by atoms with Crippen molar-refractivity contribution in [2.24, 2.45) is 0 Å². The lowest BCUT2D eigenvalue weighted by Gasteiger charge is -2.07. The van der Waals surface area contributed by atoms with E-state index in [1.807, 2.05) is 24.3 Å². The van der Waals surface area contributed by atoms with Crippen molar-refractivity contribution in [2.75, 3.05) is 5.32 Å². The summed E-state index contributed by atoms with van der Waals surface area (Å²) in [5.41, 5.74) is 1.83. The van der Waals surface area contributed by atoms with Crippen molar-refractivity contribution in [3.8, 4) is 0 Å². The van der Waals surface area contributed by atoms with Gasteiger partial charge in [0, 0.05) is 22.3 Å². The monoisotopic (exact) mass is 316 g/mol. The average Bonchev–Trinajstić information content (AvgIpc) is 2.92. The number of carbonyl (C=O) groups excluding carboxylic acids is 1. The van der Waals surface area contributed by atoms with Crippen LogP contribution in [0.5, 0.6) is 0 Å². The maximum atomic E-state index is 12.0. The first-order chi connectivity index (χ1) is 9.24. The zero-order valence-electron chi connectivity index (χ0n) is 9.72. The Hall–Kier alpha value is -2.21. The highest BCUT2D eigenvalue weighted by atomic mass is 79.9. The number of anilines is 1. The molecule has 6 heteroatoms. The van der Waals surface area contributed by atoms with Gasteiger partial charge in [0.25, 0.3) is 5.91 Å². The molecule has 0 aliphatic carbocycles. The number of hydrogen-bond donors (Lipinski definition) is 2. The van der Waals surface area contributed by atoms with Crippen molar-refractivity contribution in [1.29, 1.82) is 0 Å². The number of aromatic amines is 1. The minimum Gasteiger partial charge on any atom is -0.319 e. The predicted molar refractivity (Wildman–Crippen MR) is 76.0 cm³/mol. The molecule has 0 fully saturated rings. The van der Waals surface area contributed by atoms with E-state index in [1.165, 1.54) is 6.20 Å². The molecular weight excluding hydrogens is 308 g/mol. The number of para-hydroxylation sites is 1. The van der Waals surface area contributed by atoms with Crippen molar-refractivity contribution >= 4 is 38.4 Å². The van der Waals surface area contributed by atoms with Gasteiger partial charge in [-0.05, 0) is 34.1 Å². The Morgan fingerprint density at radius 1 is 1.32 bits per heavy atom. The SMILES string of the molecule is O=C(Nc1cccc2cc(Br)cnc12)c1ccn[nH]1. The molecule has 0 saturated heterocycles. The summed E-state index contributed by atoms with van der Waals surface area (Å²) in [6.45, 7) is 0. The van der Waals surface area contributed by atoms with Crippen LogP contribution in [-0.4, -0.2) is 21.1 Å². The second-order valence-corrected chi connectivity index (χ2v) is 4.87. The number of nitrogens with zero attached hydrogens (tertiary/aromatic N) is 2. The Morgan fingerprint density at radius 2 is 2.21 bits per heavy atom. The first kappa shape index (κ1) is 11.9. The molecular formula is C13H9BrN4O. The van der Waals surface area contributed by atoms with E-state index >= 15 is 0 Å². The van der Waals surface area contributed by atoms with Crippen LogP contribution in [0.15, 0.2) is 47.2 Å². The fourth-order valence-electron chi connectivity index (χ4n) is 1.81. The molecule has 0 atom stereocenters. The highest BCUT2D eigenvalue weighted by Crippen LogP contribution is 2.24. The van der Waals surface area contributed by atoms with Gasteiger partial charge in [0.1, 0.15) is 5.69 Å². The quantitative estimate of drug-likeness (QED) is 0.763. The summed E-state index contributed by atoms with van der Waals surface area (Å²) in [4.78, 5) is 16.3. The number of pyridine rings is 1. The smallest absolute Gasteiger partial charge is 0.273 e. The number of fused-ring (bicyclic) bond motifs is 1. The van der Waals surface area contributed by atoms with Crippen LogP contribution in [-0.2, 0) is 0 Å². The van der Waals surface area contributed by atoms with Crippen LogP contribution >= 0.6 is 15.9 Å². The Bertz CT molecular complexity index is 739. The predicted octanol–water partition coefficient (Wildman–Crippen LogP) is 2.97. The summed E-state index contributed by atoms with van der Waals surface area (Å²) in [5.74, 6) is -0.241. The van der Waals surface area contributed by atoms with Gasteiger partial charge >= 0.3 is 0 Å². The van der Waals surface area contributed by atoms with E-state index in [9.17, 15) is 4.79 Å². The van der Waals surface area contributed by atoms with E-state index in [1.54, 1.807) is 12.3 Å². The highest BCUT2D eigenvalue weighted by Gasteiger charge is 2.10. The topological polar surface area (TPSA) is 70.7 Å². The molecule has 94 valence electrons. The van der Waals surface area contributed by atoms with E-state index in [2.05, 4.69) is 36.4 Å². The summed E-state index contributed by atoms with van der Waals surface area (Å²) in [7, 11) is 0. The molecule has 3 rings (SSSR count). The molecule has 0 unspecified atom stereocenters. The number of H-pyrrole nitrogens is 1. The minimum absolute atomic E-state index is 0.241. The summed E-state index contributed by atoms with van der Waals surface area (Å²) in [5, 5.41) is 10.1. The Labute approximate surface area is 117 Å². The van der Waals surface area contributed by atoms with Crippen molar-refractivity contribution in [1.82, 2.24) is 15.2 Å². The molecule has 3 aromatic rings. The third-order valence-corrected chi connectivity index (χ3v) is 3.10. The van der Waals surface area contributed by atoms with Crippen LogP contribution in [0.1, 0.15) is 10.5 Å². The van der Waals surface area contributed by atoms with Crippen molar-refractivity contribution in [3.05, 3.63) is 52.9 Å². The summed E-state index contributed by atoms with van der Waals surface area (Å²) < 4.78 is 0.900. The standard InChI is InChI=1S/C13H9BrN4O/c14-9-6-8-2-1-3-10(12(8)15-7-9)17-13(19)11-4-5-16-18-11/h1-7H,(H,16,18)(H,17,19). The van der Waals surface area contributed by atoms with Crippen molar-refractivity contribution in [3.63, 3.8) is 0 Å². The molecule has 2 aromatic heterocycles. The lowest BCUT2D eigenvalue weighted by Crippen LogP contribution is -2.12. The Kier molecular flexibility index (Phi) is 3.00. The third kappa shape index (κ3) is 2.34. The van der Waals surface area contributed by atoms with Crippen LogP contribution in [0.25, 0.3) is 10.9 Å². The molecule has 0 saturated carbocycles. The van der Waals surface area contributed by atoms with Gasteiger partial charge in [-0.3, -0.25) is 14.9 Å². The lowest BCUT2D eigenvalue weighted by atomic mass is 10.2. The molecule has 1 aromatic carbocycles. The van der Waals surface area contributed by atoms with Crippen LogP contribution in [0.2, 0.25) is 0 Å².